The summed E-state index contributed by atoms with van der Waals surface area (Å²) in [6, 6.07) is 64.1. The maximum Gasteiger partial charge on any atom is 0.126 e. The molecular weight excluding hydrogens is 837 g/mol. The molecule has 0 radical (unpaired) electrons. The minimum absolute atomic E-state index is 0.263. The Morgan fingerprint density at radius 3 is 1.44 bits per heavy atom. The van der Waals surface area contributed by atoms with E-state index in [1.54, 1.807) is 0 Å². The maximum atomic E-state index is 7.41. The third-order valence-electron chi connectivity index (χ3n) is 11.2. The van der Waals surface area contributed by atoms with Crippen LogP contribution < -0.4 is 4.74 Å². The molecule has 0 aliphatic carbocycles. The Labute approximate surface area is 374 Å². The number of hydrogen-bond acceptors (Lipinski definition) is 6. The lowest BCUT2D eigenvalue weighted by Gasteiger charge is -2.46. The zero-order chi connectivity index (χ0) is 42.4. The van der Waals surface area contributed by atoms with Gasteiger partial charge in [0, 0.05) is 10.0 Å². The Bertz CT molecular complexity index is 2380. The second kappa shape index (κ2) is 22.1. The standard InChI is InChI=1S/C55H53BrO6/c1-40-31-50(58-35-43-19-9-3-10-20-43)49(33-47(40)32-41-27-29-48(56)30-28-41)52-54(60-37-45-23-13-5-14-24-45)55(61-38-46-25-15-6-16-26-46)53(59-36-44-21-11-4-12-22-44)51(62-52)39-57-34-42-17-7-2-8-18-42/h2-31,33,51-55H,32,34-39H2,1H3/t51-,52+,53-,54+,55+/m1/s1. The first-order valence-corrected chi connectivity index (χ1v) is 22.1. The summed E-state index contributed by atoms with van der Waals surface area (Å²) in [7, 11) is 0. The molecule has 8 rings (SSSR count). The molecular formula is C55H53BrO6. The van der Waals surface area contributed by atoms with Crippen molar-refractivity contribution in [2.75, 3.05) is 6.61 Å². The number of rotatable bonds is 19. The van der Waals surface area contributed by atoms with E-state index in [0.717, 1.165) is 55.6 Å². The molecule has 0 N–H and O–H groups in total. The van der Waals surface area contributed by atoms with Gasteiger partial charge < -0.3 is 28.4 Å². The molecule has 0 amide bonds. The van der Waals surface area contributed by atoms with Gasteiger partial charge in [-0.3, -0.25) is 0 Å². The second-order valence-electron chi connectivity index (χ2n) is 15.8. The van der Waals surface area contributed by atoms with E-state index in [0.29, 0.717) is 33.0 Å². The van der Waals surface area contributed by atoms with E-state index < -0.39 is 30.5 Å². The van der Waals surface area contributed by atoms with Crippen molar-refractivity contribution in [2.24, 2.45) is 0 Å². The summed E-state index contributed by atoms with van der Waals surface area (Å²) >= 11 is 3.61. The summed E-state index contributed by atoms with van der Waals surface area (Å²) in [4.78, 5) is 0. The topological polar surface area (TPSA) is 55.4 Å². The molecule has 0 unspecified atom stereocenters. The van der Waals surface area contributed by atoms with Crippen LogP contribution in [0.25, 0.3) is 0 Å². The highest BCUT2D eigenvalue weighted by Crippen LogP contribution is 2.43. The molecule has 0 saturated carbocycles. The number of ether oxygens (including phenoxy) is 6. The number of benzene rings is 7. The summed E-state index contributed by atoms with van der Waals surface area (Å²) in [5.74, 6) is 0.735. The molecule has 1 fully saturated rings. The molecule has 1 saturated heterocycles. The first kappa shape index (κ1) is 43.3. The quantitative estimate of drug-likeness (QED) is 0.0806. The molecule has 1 aliphatic rings. The Morgan fingerprint density at radius 1 is 0.468 bits per heavy atom. The maximum absolute atomic E-state index is 7.41. The highest BCUT2D eigenvalue weighted by atomic mass is 79.9. The lowest BCUT2D eigenvalue weighted by molar-refractivity contribution is -0.275. The number of hydrogen-bond donors (Lipinski definition) is 0. The van der Waals surface area contributed by atoms with Gasteiger partial charge in [0.1, 0.15) is 42.9 Å². The molecule has 0 bridgehead atoms. The van der Waals surface area contributed by atoms with Crippen LogP contribution in [0.3, 0.4) is 0 Å². The van der Waals surface area contributed by atoms with Crippen LogP contribution in [0.4, 0.5) is 0 Å². The molecule has 7 aromatic carbocycles. The van der Waals surface area contributed by atoms with E-state index in [4.69, 9.17) is 28.4 Å². The highest BCUT2D eigenvalue weighted by molar-refractivity contribution is 9.10. The van der Waals surface area contributed by atoms with Crippen molar-refractivity contribution >= 4 is 15.9 Å². The van der Waals surface area contributed by atoms with E-state index >= 15 is 0 Å². The Hall–Kier alpha value is -5.38. The largest absolute Gasteiger partial charge is 0.489 e. The van der Waals surface area contributed by atoms with Crippen molar-refractivity contribution < 1.29 is 28.4 Å². The van der Waals surface area contributed by atoms with E-state index in [1.807, 2.05) is 91.0 Å². The van der Waals surface area contributed by atoms with Crippen LogP contribution in [-0.2, 0) is 63.1 Å². The van der Waals surface area contributed by atoms with Crippen LogP contribution in [0.2, 0.25) is 0 Å². The van der Waals surface area contributed by atoms with Gasteiger partial charge in [0.15, 0.2) is 0 Å². The first-order valence-electron chi connectivity index (χ1n) is 21.3. The number of aryl methyl sites for hydroxylation is 1. The minimum atomic E-state index is -0.628. The van der Waals surface area contributed by atoms with Crippen molar-refractivity contribution in [2.45, 2.75) is 76.9 Å². The van der Waals surface area contributed by atoms with Gasteiger partial charge in [0.2, 0.25) is 0 Å². The van der Waals surface area contributed by atoms with Crippen molar-refractivity contribution in [1.82, 2.24) is 0 Å². The van der Waals surface area contributed by atoms with Crippen LogP contribution >= 0.6 is 15.9 Å². The minimum Gasteiger partial charge on any atom is -0.489 e. The van der Waals surface area contributed by atoms with Crippen LogP contribution in [0.1, 0.15) is 56.2 Å². The smallest absolute Gasteiger partial charge is 0.126 e. The van der Waals surface area contributed by atoms with Gasteiger partial charge in [-0.15, -0.1) is 0 Å². The molecule has 1 heterocycles. The molecule has 7 heteroatoms. The third kappa shape index (κ3) is 12.0. The highest BCUT2D eigenvalue weighted by Gasteiger charge is 2.50. The second-order valence-corrected chi connectivity index (χ2v) is 16.7. The molecule has 0 spiro atoms. The molecule has 62 heavy (non-hydrogen) atoms. The van der Waals surface area contributed by atoms with Crippen LogP contribution in [0.5, 0.6) is 5.75 Å². The van der Waals surface area contributed by atoms with E-state index in [2.05, 4.69) is 120 Å². The lowest BCUT2D eigenvalue weighted by atomic mass is 9.87. The Kier molecular flexibility index (Phi) is 15.4. The molecule has 316 valence electrons. The Morgan fingerprint density at radius 2 is 0.919 bits per heavy atom. The zero-order valence-corrected chi connectivity index (χ0v) is 36.6. The molecule has 1 aliphatic heterocycles. The van der Waals surface area contributed by atoms with Gasteiger partial charge >= 0.3 is 0 Å². The van der Waals surface area contributed by atoms with Gasteiger partial charge in [0.05, 0.1) is 33.0 Å². The fraction of sp³-hybridized carbons (Fsp3) is 0.236. The van der Waals surface area contributed by atoms with Crippen LogP contribution in [0, 0.1) is 6.92 Å². The SMILES string of the molecule is Cc1cc(OCc2ccccc2)c([C@@H]2O[C@H](COCc3ccccc3)[C@@H](OCc3ccccc3)[C@H](OCc3ccccc3)[C@H]2OCc2ccccc2)cc1Cc1ccc(Br)cc1. The predicted molar refractivity (Wildman–Crippen MR) is 248 cm³/mol. The fourth-order valence-corrected chi connectivity index (χ4v) is 8.14. The summed E-state index contributed by atoms with van der Waals surface area (Å²) < 4.78 is 43.0. The normalized spacial score (nSPS) is 18.6. The van der Waals surface area contributed by atoms with E-state index in [9.17, 15) is 0 Å². The van der Waals surface area contributed by atoms with Crippen molar-refractivity contribution in [1.29, 1.82) is 0 Å². The first-order chi connectivity index (χ1) is 30.6. The summed E-state index contributed by atoms with van der Waals surface area (Å²) in [6.07, 6.45) is -2.20. The molecule has 0 aromatic heterocycles. The van der Waals surface area contributed by atoms with Crippen LogP contribution in [0.15, 0.2) is 193 Å². The Balaban J connectivity index is 1.23. The average molecular weight is 890 g/mol. The average Bonchev–Trinajstić information content (AvgIpc) is 3.32. The summed E-state index contributed by atoms with van der Waals surface area (Å²) in [5.41, 5.74) is 9.68. The lowest BCUT2D eigenvalue weighted by Crippen LogP contribution is -2.58. The van der Waals surface area contributed by atoms with Crippen molar-refractivity contribution in [3.8, 4) is 5.75 Å². The predicted octanol–water partition coefficient (Wildman–Crippen LogP) is 12.3. The summed E-state index contributed by atoms with van der Waals surface area (Å²) in [5, 5.41) is 0. The zero-order valence-electron chi connectivity index (χ0n) is 35.1. The molecule has 5 atom stereocenters. The molecule has 7 aromatic rings. The van der Waals surface area contributed by atoms with Gasteiger partial charge in [-0.1, -0.05) is 180 Å². The van der Waals surface area contributed by atoms with Gasteiger partial charge in [-0.05, 0) is 82.1 Å². The molecule has 6 nitrogen and oxygen atoms in total. The van der Waals surface area contributed by atoms with Gasteiger partial charge in [-0.25, -0.2) is 0 Å². The monoisotopic (exact) mass is 888 g/mol. The van der Waals surface area contributed by atoms with Crippen LogP contribution in [-0.4, -0.2) is 31.0 Å². The summed E-state index contributed by atoms with van der Waals surface area (Å²) in [6.45, 7) is 4.28. The van der Waals surface area contributed by atoms with Gasteiger partial charge in [0.25, 0.3) is 0 Å². The van der Waals surface area contributed by atoms with Crippen molar-refractivity contribution in [3.05, 3.63) is 243 Å². The third-order valence-corrected chi connectivity index (χ3v) is 11.7. The number of halogens is 1. The van der Waals surface area contributed by atoms with E-state index in [-0.39, 0.29) is 6.61 Å². The van der Waals surface area contributed by atoms with Crippen molar-refractivity contribution in [3.63, 3.8) is 0 Å². The fourth-order valence-electron chi connectivity index (χ4n) is 7.88. The van der Waals surface area contributed by atoms with Gasteiger partial charge in [-0.2, -0.15) is 0 Å². The van der Waals surface area contributed by atoms with E-state index in [1.165, 1.54) is 11.1 Å².